The molecule has 1 N–H and O–H groups in total. The molecule has 4 nitrogen and oxygen atoms in total. The summed E-state index contributed by atoms with van der Waals surface area (Å²) >= 11 is 0. The lowest BCUT2D eigenvalue weighted by molar-refractivity contribution is -0.139. The molecule has 1 aromatic carbocycles. The van der Waals surface area contributed by atoms with Gasteiger partial charge in [0, 0.05) is 6.54 Å². The van der Waals surface area contributed by atoms with Crippen molar-refractivity contribution in [1.82, 2.24) is 5.32 Å². The van der Waals surface area contributed by atoms with Gasteiger partial charge in [-0.15, -0.1) is 0 Å². The molecule has 0 aromatic heterocycles. The predicted octanol–water partition coefficient (Wildman–Crippen LogP) is 0.919. The van der Waals surface area contributed by atoms with Crippen LogP contribution < -0.4 is 5.32 Å². The second-order valence-corrected chi connectivity index (χ2v) is 4.07. The number of esters is 1. The number of carbonyl (C=O) groups excluding carboxylic acids is 1. The summed E-state index contributed by atoms with van der Waals surface area (Å²) < 4.78 is 4.64. The Bertz CT molecular complexity index is 489. The minimum Gasteiger partial charge on any atom is -0.469 e. The lowest BCUT2D eigenvalue weighted by atomic mass is 9.93. The van der Waals surface area contributed by atoms with E-state index in [2.05, 4.69) is 16.1 Å². The number of nitrogens with zero attached hydrogens (tertiary/aromatic N) is 1. The molecule has 0 spiro atoms. The van der Waals surface area contributed by atoms with Crippen molar-refractivity contribution in [2.45, 2.75) is 19.4 Å². The fourth-order valence-electron chi connectivity index (χ4n) is 2.06. The average Bonchev–Trinajstić information content (AvgIpc) is 2.37. The summed E-state index contributed by atoms with van der Waals surface area (Å²) in [5.41, 5.74) is 3.71. The maximum Gasteiger partial charge on any atom is 0.310 e. The Balaban J connectivity index is 2.37. The lowest BCUT2D eigenvalue weighted by Crippen LogP contribution is -2.24. The topological polar surface area (TPSA) is 62.1 Å². The van der Waals surface area contributed by atoms with Gasteiger partial charge in [-0.25, -0.2) is 0 Å². The molecular formula is C13H14N2O2. The van der Waals surface area contributed by atoms with E-state index in [1.165, 1.54) is 12.7 Å². The van der Waals surface area contributed by atoms with Crippen molar-refractivity contribution < 1.29 is 9.53 Å². The zero-order valence-electron chi connectivity index (χ0n) is 9.75. The fraction of sp³-hybridized carbons (Fsp3) is 0.385. The van der Waals surface area contributed by atoms with E-state index >= 15 is 0 Å². The zero-order chi connectivity index (χ0) is 12.3. The Morgan fingerprint density at radius 2 is 2.35 bits per heavy atom. The first-order valence-electron chi connectivity index (χ1n) is 5.57. The van der Waals surface area contributed by atoms with Gasteiger partial charge in [0.2, 0.25) is 0 Å². The van der Waals surface area contributed by atoms with E-state index in [9.17, 15) is 4.79 Å². The van der Waals surface area contributed by atoms with E-state index in [4.69, 9.17) is 5.26 Å². The van der Waals surface area contributed by atoms with Crippen LogP contribution in [0.2, 0.25) is 0 Å². The first-order chi connectivity index (χ1) is 8.24. The molecule has 2 rings (SSSR count). The Hall–Kier alpha value is -1.86. The zero-order valence-corrected chi connectivity index (χ0v) is 9.75. The highest BCUT2D eigenvalue weighted by atomic mass is 16.5. The number of carbonyl (C=O) groups is 1. The summed E-state index contributed by atoms with van der Waals surface area (Å²) in [6.45, 7) is 1.74. The molecule has 0 saturated heterocycles. The Labute approximate surface area is 100 Å². The molecule has 88 valence electrons. The number of hydrogen-bond acceptors (Lipinski definition) is 4. The molecule has 0 radical (unpaired) electrons. The Kier molecular flexibility index (Phi) is 3.40. The van der Waals surface area contributed by atoms with Crippen LogP contribution >= 0.6 is 0 Å². The number of methoxy groups -OCH3 is 1. The van der Waals surface area contributed by atoms with Gasteiger partial charge in [-0.1, -0.05) is 6.07 Å². The number of rotatable bonds is 2. The largest absolute Gasteiger partial charge is 0.469 e. The van der Waals surface area contributed by atoms with Crippen LogP contribution in [0.5, 0.6) is 0 Å². The SMILES string of the molecule is COC(=O)Cc1cc2c(cc1C#N)CNCC2. The number of fused-ring (bicyclic) bond motifs is 1. The molecule has 1 aliphatic rings. The van der Waals surface area contributed by atoms with Crippen molar-refractivity contribution in [2.24, 2.45) is 0 Å². The number of nitriles is 1. The number of ether oxygens (including phenoxy) is 1. The van der Waals surface area contributed by atoms with Crippen LogP contribution in [0.25, 0.3) is 0 Å². The molecule has 0 amide bonds. The highest BCUT2D eigenvalue weighted by molar-refractivity contribution is 5.73. The molecule has 0 unspecified atom stereocenters. The van der Waals surface area contributed by atoms with E-state index in [0.29, 0.717) is 5.56 Å². The van der Waals surface area contributed by atoms with Gasteiger partial charge in [-0.05, 0) is 35.7 Å². The van der Waals surface area contributed by atoms with Crippen molar-refractivity contribution in [3.8, 4) is 6.07 Å². The van der Waals surface area contributed by atoms with Gasteiger partial charge in [0.25, 0.3) is 0 Å². The maximum absolute atomic E-state index is 11.3. The van der Waals surface area contributed by atoms with Gasteiger partial charge in [0.15, 0.2) is 0 Å². The van der Waals surface area contributed by atoms with E-state index < -0.39 is 0 Å². The second kappa shape index (κ2) is 4.98. The molecule has 1 aromatic rings. The van der Waals surface area contributed by atoms with Crippen molar-refractivity contribution in [2.75, 3.05) is 13.7 Å². The van der Waals surface area contributed by atoms with Crippen LogP contribution in [0, 0.1) is 11.3 Å². The van der Waals surface area contributed by atoms with Gasteiger partial charge in [-0.3, -0.25) is 4.79 Å². The van der Waals surface area contributed by atoms with Crippen molar-refractivity contribution in [1.29, 1.82) is 5.26 Å². The predicted molar refractivity (Wildman–Crippen MR) is 62.3 cm³/mol. The number of nitrogens with one attached hydrogen (secondary N) is 1. The van der Waals surface area contributed by atoms with Crippen molar-refractivity contribution in [3.05, 3.63) is 34.4 Å². The summed E-state index contributed by atoms with van der Waals surface area (Å²) in [5, 5.41) is 12.3. The molecular weight excluding hydrogens is 216 g/mol. The lowest BCUT2D eigenvalue weighted by Gasteiger charge is -2.18. The average molecular weight is 230 g/mol. The summed E-state index contributed by atoms with van der Waals surface area (Å²) in [6, 6.07) is 5.98. The van der Waals surface area contributed by atoms with E-state index in [-0.39, 0.29) is 12.4 Å². The van der Waals surface area contributed by atoms with Gasteiger partial charge >= 0.3 is 5.97 Å². The standard InChI is InChI=1S/C13H14N2O2/c1-17-13(16)6-10-4-9-2-3-15-8-12(9)5-11(10)7-14/h4-5,15H,2-3,6,8H2,1H3. The molecule has 0 atom stereocenters. The minimum absolute atomic E-state index is 0.167. The van der Waals surface area contributed by atoms with Crippen LogP contribution in [0.3, 0.4) is 0 Å². The molecule has 1 heterocycles. The highest BCUT2D eigenvalue weighted by Gasteiger charge is 2.15. The van der Waals surface area contributed by atoms with Crippen LogP contribution in [0.1, 0.15) is 22.3 Å². The van der Waals surface area contributed by atoms with Gasteiger partial charge in [0.1, 0.15) is 0 Å². The molecule has 0 saturated carbocycles. The molecule has 0 fully saturated rings. The van der Waals surface area contributed by atoms with Gasteiger partial charge < -0.3 is 10.1 Å². The minimum atomic E-state index is -0.310. The molecule has 1 aliphatic heterocycles. The first-order valence-corrected chi connectivity index (χ1v) is 5.57. The molecule has 0 aliphatic carbocycles. The van der Waals surface area contributed by atoms with Crippen LogP contribution in [-0.2, 0) is 28.9 Å². The fourth-order valence-corrected chi connectivity index (χ4v) is 2.06. The first kappa shape index (κ1) is 11.6. The third kappa shape index (κ3) is 2.45. The summed E-state index contributed by atoms with van der Waals surface area (Å²) in [6.07, 6.45) is 1.11. The summed E-state index contributed by atoms with van der Waals surface area (Å²) in [5.74, 6) is -0.310. The highest BCUT2D eigenvalue weighted by Crippen LogP contribution is 2.20. The van der Waals surface area contributed by atoms with Crippen LogP contribution in [0.4, 0.5) is 0 Å². The van der Waals surface area contributed by atoms with Gasteiger partial charge in [0.05, 0.1) is 25.2 Å². The molecule has 0 bridgehead atoms. The van der Waals surface area contributed by atoms with Gasteiger partial charge in [-0.2, -0.15) is 5.26 Å². The summed E-state index contributed by atoms with van der Waals surface area (Å²) in [4.78, 5) is 11.3. The van der Waals surface area contributed by atoms with Crippen molar-refractivity contribution >= 4 is 5.97 Å². The molecule has 4 heteroatoms. The number of hydrogen-bond donors (Lipinski definition) is 1. The second-order valence-electron chi connectivity index (χ2n) is 4.07. The van der Waals surface area contributed by atoms with E-state index in [1.54, 1.807) is 0 Å². The third-order valence-corrected chi connectivity index (χ3v) is 2.99. The van der Waals surface area contributed by atoms with Crippen molar-refractivity contribution in [3.63, 3.8) is 0 Å². The number of benzene rings is 1. The van der Waals surface area contributed by atoms with E-state index in [0.717, 1.165) is 30.6 Å². The van der Waals surface area contributed by atoms with E-state index in [1.807, 2.05) is 12.1 Å². The molecule has 17 heavy (non-hydrogen) atoms. The van der Waals surface area contributed by atoms with Crippen LogP contribution in [0.15, 0.2) is 12.1 Å². The van der Waals surface area contributed by atoms with Crippen LogP contribution in [-0.4, -0.2) is 19.6 Å². The maximum atomic E-state index is 11.3. The normalized spacial score (nSPS) is 13.6. The third-order valence-electron chi connectivity index (χ3n) is 2.99. The Morgan fingerprint density at radius 1 is 1.53 bits per heavy atom. The monoisotopic (exact) mass is 230 g/mol. The Morgan fingerprint density at radius 3 is 3.06 bits per heavy atom. The quantitative estimate of drug-likeness (QED) is 0.767. The summed E-state index contributed by atoms with van der Waals surface area (Å²) in [7, 11) is 1.36. The smallest absolute Gasteiger partial charge is 0.310 e.